The van der Waals surface area contributed by atoms with Gasteiger partial charge in [0.05, 0.1) is 19.1 Å². The number of carboxylic acid groups (broad SMARTS) is 1. The van der Waals surface area contributed by atoms with Crippen LogP contribution in [0.5, 0.6) is 0 Å². The molecule has 1 aromatic carbocycles. The molecule has 7 nitrogen and oxygen atoms in total. The molecular weight excluding hydrogens is 302 g/mol. The molecule has 7 heteroatoms. The predicted octanol–water partition coefficient (Wildman–Crippen LogP) is 1.89. The highest BCUT2D eigenvalue weighted by Gasteiger charge is 2.43. The number of ether oxygens (including phenoxy) is 2. The van der Waals surface area contributed by atoms with E-state index >= 15 is 0 Å². The van der Waals surface area contributed by atoms with E-state index in [2.05, 4.69) is 0 Å². The average Bonchev–Trinajstić information content (AvgIpc) is 2.54. The summed E-state index contributed by atoms with van der Waals surface area (Å²) in [7, 11) is 1.34. The maximum Gasteiger partial charge on any atom is 0.331 e. The Labute approximate surface area is 133 Å². The molecule has 1 aromatic rings. The minimum Gasteiger partial charge on any atom is -0.478 e. The first-order valence-corrected chi connectivity index (χ1v) is 7.25. The van der Waals surface area contributed by atoms with Crippen LogP contribution >= 0.6 is 0 Å². The van der Waals surface area contributed by atoms with Crippen molar-refractivity contribution in [2.45, 2.75) is 25.2 Å². The van der Waals surface area contributed by atoms with Crippen molar-refractivity contribution < 1.29 is 24.3 Å². The molecule has 0 heterocycles. The smallest absolute Gasteiger partial charge is 0.331 e. The number of carboxylic acids is 1. The molecule has 0 unspecified atom stereocenters. The van der Waals surface area contributed by atoms with Gasteiger partial charge in [0.25, 0.3) is 0 Å². The van der Waals surface area contributed by atoms with Crippen LogP contribution in [0.15, 0.2) is 42.0 Å². The molecule has 1 N–H and O–H groups in total. The highest BCUT2D eigenvalue weighted by atomic mass is 16.6. The molecule has 1 aliphatic carbocycles. The van der Waals surface area contributed by atoms with Gasteiger partial charge in [-0.05, 0) is 18.1 Å². The zero-order chi connectivity index (χ0) is 16.8. The molecule has 0 saturated carbocycles. The quantitative estimate of drug-likeness (QED) is 0.608. The van der Waals surface area contributed by atoms with Crippen LogP contribution in [-0.2, 0) is 20.9 Å². The van der Waals surface area contributed by atoms with Crippen molar-refractivity contribution >= 4 is 5.97 Å². The van der Waals surface area contributed by atoms with Crippen LogP contribution in [0.3, 0.4) is 0 Å². The number of hydrogen-bond acceptors (Lipinski definition) is 5. The topological polar surface area (TPSA) is 98.9 Å². The number of nitro groups is 1. The maximum atomic E-state index is 11.3. The summed E-state index contributed by atoms with van der Waals surface area (Å²) >= 11 is 0. The third-order valence-electron chi connectivity index (χ3n) is 3.90. The number of nitrogens with zero attached hydrogens (tertiary/aromatic N) is 1. The number of benzene rings is 1. The normalized spacial score (nSPS) is 24.0. The van der Waals surface area contributed by atoms with Gasteiger partial charge in [0.2, 0.25) is 6.04 Å². The van der Waals surface area contributed by atoms with E-state index in [9.17, 15) is 14.9 Å². The van der Waals surface area contributed by atoms with Crippen LogP contribution in [0.25, 0.3) is 0 Å². The molecule has 0 aromatic heterocycles. The second-order valence-corrected chi connectivity index (χ2v) is 5.44. The second-order valence-electron chi connectivity index (χ2n) is 5.44. The summed E-state index contributed by atoms with van der Waals surface area (Å²) in [6, 6.07) is 8.43. The third kappa shape index (κ3) is 4.37. The Balaban J connectivity index is 2.06. The van der Waals surface area contributed by atoms with Crippen LogP contribution in [0.1, 0.15) is 12.0 Å². The fourth-order valence-electron chi connectivity index (χ4n) is 2.75. The SMILES string of the molecule is CO[C@@H]1C=C(C(=O)O)C[C@@H](COCc2ccccc2)[C@@H]1[N+](=O)[O-]. The molecule has 0 fully saturated rings. The lowest BCUT2D eigenvalue weighted by atomic mass is 9.83. The van der Waals surface area contributed by atoms with Crippen molar-refractivity contribution in [3.8, 4) is 0 Å². The molecular formula is C16H19NO6. The van der Waals surface area contributed by atoms with Gasteiger partial charge in [-0.15, -0.1) is 0 Å². The van der Waals surface area contributed by atoms with Crippen molar-refractivity contribution in [3.63, 3.8) is 0 Å². The van der Waals surface area contributed by atoms with E-state index in [0.717, 1.165) is 5.56 Å². The van der Waals surface area contributed by atoms with Gasteiger partial charge in [-0.2, -0.15) is 0 Å². The number of hydrogen-bond donors (Lipinski definition) is 1. The molecule has 23 heavy (non-hydrogen) atoms. The number of carbonyl (C=O) groups is 1. The maximum absolute atomic E-state index is 11.3. The Morgan fingerprint density at radius 2 is 2.09 bits per heavy atom. The van der Waals surface area contributed by atoms with Gasteiger partial charge in [0.15, 0.2) is 0 Å². The van der Waals surface area contributed by atoms with Crippen molar-refractivity contribution in [2.75, 3.05) is 13.7 Å². The first kappa shape index (κ1) is 17.1. The standard InChI is InChI=1S/C16H19NO6/c1-22-14-8-12(16(18)19)7-13(15(14)17(20)21)10-23-9-11-5-3-2-4-6-11/h2-6,8,13-15H,7,9-10H2,1H3,(H,18,19)/t13-,14+,15-/m0/s1. The van der Waals surface area contributed by atoms with E-state index in [1.165, 1.54) is 13.2 Å². The van der Waals surface area contributed by atoms with Gasteiger partial charge in [-0.1, -0.05) is 30.3 Å². The molecule has 0 spiro atoms. The first-order valence-electron chi connectivity index (χ1n) is 7.25. The summed E-state index contributed by atoms with van der Waals surface area (Å²) in [4.78, 5) is 22.1. The van der Waals surface area contributed by atoms with E-state index < -0.39 is 29.0 Å². The lowest BCUT2D eigenvalue weighted by Gasteiger charge is -2.29. The van der Waals surface area contributed by atoms with E-state index in [0.29, 0.717) is 6.61 Å². The molecule has 0 aliphatic heterocycles. The third-order valence-corrected chi connectivity index (χ3v) is 3.90. The predicted molar refractivity (Wildman–Crippen MR) is 81.5 cm³/mol. The van der Waals surface area contributed by atoms with Crippen LogP contribution in [0.2, 0.25) is 0 Å². The van der Waals surface area contributed by atoms with Gasteiger partial charge in [-0.3, -0.25) is 10.1 Å². The zero-order valence-electron chi connectivity index (χ0n) is 12.8. The molecule has 3 atom stereocenters. The zero-order valence-corrected chi connectivity index (χ0v) is 12.8. The number of aliphatic carboxylic acids is 1. The molecule has 0 saturated heterocycles. The minimum atomic E-state index is -1.08. The minimum absolute atomic E-state index is 0.0929. The van der Waals surface area contributed by atoms with Crippen molar-refractivity contribution in [2.24, 2.45) is 5.92 Å². The van der Waals surface area contributed by atoms with E-state index in [1.54, 1.807) is 0 Å². The Morgan fingerprint density at radius 1 is 1.39 bits per heavy atom. The fourth-order valence-corrected chi connectivity index (χ4v) is 2.75. The summed E-state index contributed by atoms with van der Waals surface area (Å²) in [6.45, 7) is 0.427. The molecule has 0 amide bonds. The van der Waals surface area contributed by atoms with E-state index in [-0.39, 0.29) is 18.6 Å². The summed E-state index contributed by atoms with van der Waals surface area (Å²) in [6.07, 6.45) is 0.550. The highest BCUT2D eigenvalue weighted by Crippen LogP contribution is 2.29. The Morgan fingerprint density at radius 3 is 2.65 bits per heavy atom. The van der Waals surface area contributed by atoms with E-state index in [1.807, 2.05) is 30.3 Å². The van der Waals surface area contributed by atoms with Crippen molar-refractivity contribution in [1.82, 2.24) is 0 Å². The van der Waals surface area contributed by atoms with E-state index in [4.69, 9.17) is 14.6 Å². The molecule has 2 rings (SSSR count). The Hall–Kier alpha value is -2.25. The number of rotatable bonds is 7. The Kier molecular flexibility index (Phi) is 5.84. The van der Waals surface area contributed by atoms with Crippen molar-refractivity contribution in [3.05, 3.63) is 57.7 Å². The Bertz CT molecular complexity index is 585. The molecule has 0 bridgehead atoms. The molecule has 124 valence electrons. The second kappa shape index (κ2) is 7.85. The molecule has 1 aliphatic rings. The van der Waals surface area contributed by atoms with Gasteiger partial charge >= 0.3 is 5.97 Å². The van der Waals surface area contributed by atoms with Gasteiger partial charge in [-0.25, -0.2) is 4.79 Å². The first-order chi connectivity index (χ1) is 11.0. The summed E-state index contributed by atoms with van der Waals surface area (Å²) in [5.74, 6) is -1.63. The van der Waals surface area contributed by atoms with Crippen LogP contribution in [-0.4, -0.2) is 41.9 Å². The van der Waals surface area contributed by atoms with Crippen LogP contribution < -0.4 is 0 Å². The molecule has 0 radical (unpaired) electrons. The summed E-state index contributed by atoms with van der Waals surface area (Å²) in [5, 5.41) is 20.5. The summed E-state index contributed by atoms with van der Waals surface area (Å²) in [5.41, 5.74) is 1.08. The monoisotopic (exact) mass is 321 g/mol. The highest BCUT2D eigenvalue weighted by molar-refractivity contribution is 5.87. The lowest BCUT2D eigenvalue weighted by molar-refractivity contribution is -0.543. The summed E-state index contributed by atoms with van der Waals surface area (Å²) < 4.78 is 10.7. The van der Waals surface area contributed by atoms with Gasteiger partial charge in [0.1, 0.15) is 6.10 Å². The number of methoxy groups -OCH3 is 1. The van der Waals surface area contributed by atoms with Crippen molar-refractivity contribution in [1.29, 1.82) is 0 Å². The fraction of sp³-hybridized carbons (Fsp3) is 0.438. The largest absolute Gasteiger partial charge is 0.478 e. The van der Waals surface area contributed by atoms with Crippen LogP contribution in [0, 0.1) is 16.0 Å². The van der Waals surface area contributed by atoms with Gasteiger partial charge in [0, 0.05) is 17.6 Å². The lowest BCUT2D eigenvalue weighted by Crippen LogP contribution is -2.45. The van der Waals surface area contributed by atoms with Crippen LogP contribution in [0.4, 0.5) is 0 Å². The van der Waals surface area contributed by atoms with Gasteiger partial charge < -0.3 is 14.6 Å². The average molecular weight is 321 g/mol.